The minimum atomic E-state index is -4.51. The first-order chi connectivity index (χ1) is 13.1. The predicted molar refractivity (Wildman–Crippen MR) is 87.8 cm³/mol. The standard InChI is InChI=1S/C19H12F6N2O/c20-18(21,22)13-4-1-3-12(7-13)8-15-10-17(27-11-26-15)28-16-6-2-5-14(9-16)19(23,24)25/h1-7,9-11H,8H2. The Morgan fingerprint density at radius 3 is 2.07 bits per heavy atom. The van der Waals surface area contributed by atoms with Crippen LogP contribution in [0, 0.1) is 0 Å². The molecule has 0 radical (unpaired) electrons. The molecule has 0 fully saturated rings. The number of aromatic nitrogens is 2. The van der Waals surface area contributed by atoms with Crippen molar-refractivity contribution < 1.29 is 31.1 Å². The molecule has 3 aromatic rings. The number of halogens is 6. The third-order valence-electron chi connectivity index (χ3n) is 3.72. The van der Waals surface area contributed by atoms with E-state index >= 15 is 0 Å². The minimum absolute atomic E-state index is 0.0173. The molecule has 0 aliphatic carbocycles. The van der Waals surface area contributed by atoms with Gasteiger partial charge in [-0.15, -0.1) is 0 Å². The molecule has 0 saturated carbocycles. The Balaban J connectivity index is 1.78. The normalized spacial score (nSPS) is 12.1. The molecule has 3 nitrogen and oxygen atoms in total. The molecule has 0 atom stereocenters. The third kappa shape index (κ3) is 4.99. The fraction of sp³-hybridized carbons (Fsp3) is 0.158. The molecule has 28 heavy (non-hydrogen) atoms. The summed E-state index contributed by atoms with van der Waals surface area (Å²) in [5.74, 6) is -0.0881. The van der Waals surface area contributed by atoms with Crippen LogP contribution in [0.15, 0.2) is 60.9 Å². The average Bonchev–Trinajstić information content (AvgIpc) is 2.61. The summed E-state index contributed by atoms with van der Waals surface area (Å²) in [5.41, 5.74) is -0.919. The zero-order chi connectivity index (χ0) is 20.4. The van der Waals surface area contributed by atoms with Crippen LogP contribution in [0.4, 0.5) is 26.3 Å². The molecule has 0 saturated heterocycles. The van der Waals surface area contributed by atoms with E-state index < -0.39 is 23.5 Å². The molecule has 0 unspecified atom stereocenters. The van der Waals surface area contributed by atoms with Crippen LogP contribution >= 0.6 is 0 Å². The minimum Gasteiger partial charge on any atom is -0.439 e. The SMILES string of the molecule is FC(F)(F)c1cccc(Cc2cc(Oc3cccc(C(F)(F)F)c3)ncn2)c1. The van der Waals surface area contributed by atoms with Crippen molar-refractivity contribution in [1.82, 2.24) is 9.97 Å². The quantitative estimate of drug-likeness (QED) is 0.514. The molecule has 1 aromatic heterocycles. The third-order valence-corrected chi connectivity index (χ3v) is 3.72. The number of nitrogens with zero attached hydrogens (tertiary/aromatic N) is 2. The highest BCUT2D eigenvalue weighted by atomic mass is 19.4. The second kappa shape index (κ2) is 7.49. The van der Waals surface area contributed by atoms with Gasteiger partial charge in [-0.2, -0.15) is 26.3 Å². The predicted octanol–water partition coefficient (Wildman–Crippen LogP) is 5.90. The number of hydrogen-bond acceptors (Lipinski definition) is 3. The summed E-state index contributed by atoms with van der Waals surface area (Å²) in [6.45, 7) is 0. The number of benzene rings is 2. The lowest BCUT2D eigenvalue weighted by atomic mass is 10.1. The molecular weight excluding hydrogens is 386 g/mol. The lowest BCUT2D eigenvalue weighted by molar-refractivity contribution is -0.138. The molecule has 0 N–H and O–H groups in total. The van der Waals surface area contributed by atoms with Crippen molar-refractivity contribution in [3.05, 3.63) is 83.3 Å². The summed E-state index contributed by atoms with van der Waals surface area (Å²) in [6.07, 6.45) is -7.77. The molecule has 0 bridgehead atoms. The summed E-state index contributed by atoms with van der Waals surface area (Å²) in [5, 5.41) is 0. The zero-order valence-electron chi connectivity index (χ0n) is 14.1. The van der Waals surface area contributed by atoms with E-state index in [1.54, 1.807) is 0 Å². The van der Waals surface area contributed by atoms with E-state index in [-0.39, 0.29) is 18.1 Å². The maximum Gasteiger partial charge on any atom is 0.416 e. The van der Waals surface area contributed by atoms with E-state index in [0.29, 0.717) is 11.3 Å². The molecule has 3 rings (SSSR count). The molecule has 9 heteroatoms. The largest absolute Gasteiger partial charge is 0.439 e. The van der Waals surface area contributed by atoms with Gasteiger partial charge in [-0.05, 0) is 29.8 Å². The topological polar surface area (TPSA) is 35.0 Å². The summed E-state index contributed by atoms with van der Waals surface area (Å²) < 4.78 is 82.1. The maximum atomic E-state index is 12.8. The first kappa shape index (κ1) is 19.7. The van der Waals surface area contributed by atoms with Crippen molar-refractivity contribution in [2.24, 2.45) is 0 Å². The van der Waals surface area contributed by atoms with E-state index in [2.05, 4.69) is 9.97 Å². The van der Waals surface area contributed by atoms with Crippen LogP contribution in [0.3, 0.4) is 0 Å². The fourth-order valence-corrected chi connectivity index (χ4v) is 2.45. The second-order valence-electron chi connectivity index (χ2n) is 5.85. The molecule has 1 heterocycles. The Morgan fingerprint density at radius 2 is 1.39 bits per heavy atom. The monoisotopic (exact) mass is 398 g/mol. The van der Waals surface area contributed by atoms with Gasteiger partial charge in [0, 0.05) is 12.5 Å². The number of ether oxygens (including phenoxy) is 1. The van der Waals surface area contributed by atoms with Gasteiger partial charge in [-0.1, -0.05) is 24.3 Å². The van der Waals surface area contributed by atoms with Gasteiger partial charge in [-0.3, -0.25) is 0 Å². The van der Waals surface area contributed by atoms with Crippen molar-refractivity contribution in [3.8, 4) is 11.6 Å². The Bertz CT molecular complexity index is 894. The van der Waals surface area contributed by atoms with Gasteiger partial charge in [-0.25, -0.2) is 9.97 Å². The van der Waals surface area contributed by atoms with Gasteiger partial charge in [0.05, 0.1) is 16.8 Å². The fourth-order valence-electron chi connectivity index (χ4n) is 2.45. The highest BCUT2D eigenvalue weighted by molar-refractivity contribution is 5.34. The van der Waals surface area contributed by atoms with E-state index in [1.165, 1.54) is 30.3 Å². The van der Waals surface area contributed by atoms with Crippen LogP contribution in [-0.2, 0) is 18.8 Å². The number of rotatable bonds is 4. The van der Waals surface area contributed by atoms with E-state index in [9.17, 15) is 26.3 Å². The van der Waals surface area contributed by atoms with Gasteiger partial charge in [0.2, 0.25) is 5.88 Å². The first-order valence-corrected chi connectivity index (χ1v) is 7.93. The van der Waals surface area contributed by atoms with Gasteiger partial charge in [0.1, 0.15) is 12.1 Å². The van der Waals surface area contributed by atoms with Crippen LogP contribution in [0.2, 0.25) is 0 Å². The Hall–Kier alpha value is -3.10. The Morgan fingerprint density at radius 1 is 0.750 bits per heavy atom. The van der Waals surface area contributed by atoms with Crippen LogP contribution < -0.4 is 4.74 Å². The zero-order valence-corrected chi connectivity index (χ0v) is 14.1. The van der Waals surface area contributed by atoms with Crippen molar-refractivity contribution >= 4 is 0 Å². The van der Waals surface area contributed by atoms with Crippen molar-refractivity contribution in [2.45, 2.75) is 18.8 Å². The van der Waals surface area contributed by atoms with Crippen LogP contribution in [-0.4, -0.2) is 9.97 Å². The average molecular weight is 398 g/mol. The van der Waals surface area contributed by atoms with Crippen molar-refractivity contribution in [1.29, 1.82) is 0 Å². The first-order valence-electron chi connectivity index (χ1n) is 7.93. The van der Waals surface area contributed by atoms with E-state index in [1.807, 2.05) is 0 Å². The van der Waals surface area contributed by atoms with Gasteiger partial charge in [0.15, 0.2) is 0 Å². The molecule has 0 aliphatic heterocycles. The van der Waals surface area contributed by atoms with Crippen molar-refractivity contribution in [2.75, 3.05) is 0 Å². The Labute approximate surface area is 155 Å². The molecular formula is C19H12F6N2O. The van der Waals surface area contributed by atoms with Crippen LogP contribution in [0.25, 0.3) is 0 Å². The molecule has 0 amide bonds. The lowest BCUT2D eigenvalue weighted by Crippen LogP contribution is -2.05. The van der Waals surface area contributed by atoms with Gasteiger partial charge < -0.3 is 4.74 Å². The molecule has 146 valence electrons. The van der Waals surface area contributed by atoms with Gasteiger partial charge in [0.25, 0.3) is 0 Å². The maximum absolute atomic E-state index is 12.8. The summed E-state index contributed by atoms with van der Waals surface area (Å²) >= 11 is 0. The van der Waals surface area contributed by atoms with E-state index in [0.717, 1.165) is 30.6 Å². The van der Waals surface area contributed by atoms with E-state index in [4.69, 9.17) is 4.74 Å². The molecule has 2 aromatic carbocycles. The smallest absolute Gasteiger partial charge is 0.416 e. The lowest BCUT2D eigenvalue weighted by Gasteiger charge is -2.10. The molecule has 0 spiro atoms. The highest BCUT2D eigenvalue weighted by Gasteiger charge is 2.31. The van der Waals surface area contributed by atoms with Crippen LogP contribution in [0.5, 0.6) is 11.6 Å². The summed E-state index contributed by atoms with van der Waals surface area (Å²) in [4.78, 5) is 7.80. The summed E-state index contributed by atoms with van der Waals surface area (Å²) in [7, 11) is 0. The number of alkyl halides is 6. The van der Waals surface area contributed by atoms with Crippen molar-refractivity contribution in [3.63, 3.8) is 0 Å². The highest BCUT2D eigenvalue weighted by Crippen LogP contribution is 2.33. The van der Waals surface area contributed by atoms with Gasteiger partial charge >= 0.3 is 12.4 Å². The molecule has 0 aliphatic rings. The summed E-state index contributed by atoms with van der Waals surface area (Å²) in [6, 6.07) is 10.4. The Kier molecular flexibility index (Phi) is 5.26. The van der Waals surface area contributed by atoms with Crippen LogP contribution in [0.1, 0.15) is 22.4 Å². The number of hydrogen-bond donors (Lipinski definition) is 0. The second-order valence-corrected chi connectivity index (χ2v) is 5.85.